The highest BCUT2D eigenvalue weighted by Gasteiger charge is 2.20. The Kier molecular flexibility index (Phi) is 7.60. The molecule has 0 radical (unpaired) electrons. The third-order valence-corrected chi connectivity index (χ3v) is 6.90. The zero-order chi connectivity index (χ0) is 22.3. The van der Waals surface area contributed by atoms with Gasteiger partial charge >= 0.3 is 0 Å². The van der Waals surface area contributed by atoms with Crippen molar-refractivity contribution in [3.63, 3.8) is 0 Å². The lowest BCUT2D eigenvalue weighted by Gasteiger charge is -2.17. The smallest absolute Gasteiger partial charge is 0.251 e. The van der Waals surface area contributed by atoms with Gasteiger partial charge in [0.1, 0.15) is 0 Å². The van der Waals surface area contributed by atoms with Crippen LogP contribution in [0.5, 0.6) is 0 Å². The molecule has 0 bridgehead atoms. The Morgan fingerprint density at radius 2 is 1.61 bits per heavy atom. The molecule has 0 heterocycles. The van der Waals surface area contributed by atoms with Gasteiger partial charge in [0.15, 0.2) is 0 Å². The van der Waals surface area contributed by atoms with Gasteiger partial charge in [-0.05, 0) is 55.2 Å². The van der Waals surface area contributed by atoms with Crippen LogP contribution in [0.25, 0.3) is 0 Å². The number of sulfonamides is 1. The molecule has 6 heteroatoms. The van der Waals surface area contributed by atoms with Gasteiger partial charge in [-0.1, -0.05) is 60.2 Å². The number of nitrogens with zero attached hydrogens (tertiary/aromatic N) is 1. The lowest BCUT2D eigenvalue weighted by molar-refractivity contribution is 0.0953. The normalized spacial score (nSPS) is 11.5. The monoisotopic (exact) mass is 436 g/mol. The molecule has 0 spiro atoms. The van der Waals surface area contributed by atoms with E-state index in [-0.39, 0.29) is 17.3 Å². The number of nitrogens with one attached hydrogen (secondary N) is 1. The number of carbonyl (C=O) groups excluding carboxylic acids is 1. The van der Waals surface area contributed by atoms with Crippen LogP contribution in [0.2, 0.25) is 0 Å². The minimum absolute atomic E-state index is 0.124. The summed E-state index contributed by atoms with van der Waals surface area (Å²) in [5, 5.41) is 2.94. The Hall–Kier alpha value is -2.96. The Morgan fingerprint density at radius 3 is 2.29 bits per heavy atom. The van der Waals surface area contributed by atoms with Gasteiger partial charge in [0.25, 0.3) is 5.91 Å². The Bertz CT molecular complexity index is 1110. The van der Waals surface area contributed by atoms with E-state index in [9.17, 15) is 13.2 Å². The van der Waals surface area contributed by atoms with Gasteiger partial charge in [-0.25, -0.2) is 8.42 Å². The predicted molar refractivity (Wildman–Crippen MR) is 123 cm³/mol. The maximum absolute atomic E-state index is 12.6. The average molecular weight is 437 g/mol. The summed E-state index contributed by atoms with van der Waals surface area (Å²) in [6.07, 6.45) is 1.79. The first-order valence-electron chi connectivity index (χ1n) is 10.3. The van der Waals surface area contributed by atoms with Crippen LogP contribution in [0.4, 0.5) is 0 Å². The van der Waals surface area contributed by atoms with Crippen LogP contribution in [0, 0.1) is 6.92 Å². The highest BCUT2D eigenvalue weighted by molar-refractivity contribution is 7.89. The van der Waals surface area contributed by atoms with Crippen molar-refractivity contribution in [1.82, 2.24) is 9.62 Å². The van der Waals surface area contributed by atoms with Crippen LogP contribution in [0.1, 0.15) is 33.5 Å². The lowest BCUT2D eigenvalue weighted by atomic mass is 10.1. The summed E-state index contributed by atoms with van der Waals surface area (Å²) in [6, 6.07) is 23.8. The van der Waals surface area contributed by atoms with Crippen molar-refractivity contribution in [2.75, 3.05) is 13.6 Å². The zero-order valence-corrected chi connectivity index (χ0v) is 18.7. The van der Waals surface area contributed by atoms with Crippen LogP contribution in [0.3, 0.4) is 0 Å². The molecule has 1 N–H and O–H groups in total. The summed E-state index contributed by atoms with van der Waals surface area (Å²) in [7, 11) is -2.00. The molecular formula is C25H28N2O3S. The van der Waals surface area contributed by atoms with E-state index in [1.54, 1.807) is 61.6 Å². The SMILES string of the molecule is Cc1cccc(CCCNC(=O)c2ccc(CN(C)S(=O)(=O)c3ccccc3)cc2)c1. The van der Waals surface area contributed by atoms with Crippen molar-refractivity contribution in [2.24, 2.45) is 0 Å². The highest BCUT2D eigenvalue weighted by atomic mass is 32.2. The molecule has 0 atom stereocenters. The van der Waals surface area contributed by atoms with Crippen LogP contribution in [-0.2, 0) is 23.0 Å². The Labute approximate surface area is 184 Å². The third kappa shape index (κ3) is 6.26. The summed E-state index contributed by atoms with van der Waals surface area (Å²) in [4.78, 5) is 12.6. The maximum atomic E-state index is 12.6. The summed E-state index contributed by atoms with van der Waals surface area (Å²) < 4.78 is 26.6. The molecular weight excluding hydrogens is 408 g/mol. The van der Waals surface area contributed by atoms with E-state index < -0.39 is 10.0 Å². The fourth-order valence-electron chi connectivity index (χ4n) is 3.34. The molecule has 0 aliphatic carbocycles. The van der Waals surface area contributed by atoms with Crippen molar-refractivity contribution in [3.05, 3.63) is 101 Å². The summed E-state index contributed by atoms with van der Waals surface area (Å²) >= 11 is 0. The molecule has 0 unspecified atom stereocenters. The second-order valence-corrected chi connectivity index (χ2v) is 9.66. The van der Waals surface area contributed by atoms with Crippen LogP contribution in [-0.4, -0.2) is 32.2 Å². The molecule has 0 saturated carbocycles. The number of benzene rings is 3. The highest BCUT2D eigenvalue weighted by Crippen LogP contribution is 2.16. The molecule has 5 nitrogen and oxygen atoms in total. The molecule has 0 aliphatic rings. The Morgan fingerprint density at radius 1 is 0.903 bits per heavy atom. The standard InChI is InChI=1S/C25H28N2O3S/c1-20-8-6-9-21(18-20)10-7-17-26-25(28)23-15-13-22(14-16-23)19-27(2)31(29,30)24-11-4-3-5-12-24/h3-6,8-9,11-16,18H,7,10,17,19H2,1-2H3,(H,26,28). The molecule has 0 aromatic heterocycles. The van der Waals surface area contributed by atoms with Gasteiger partial charge in [0, 0.05) is 25.7 Å². The third-order valence-electron chi connectivity index (χ3n) is 5.08. The molecule has 1 amide bonds. The number of rotatable bonds is 9. The van der Waals surface area contributed by atoms with Crippen LogP contribution in [0.15, 0.2) is 83.8 Å². The summed E-state index contributed by atoms with van der Waals surface area (Å²) in [6.45, 7) is 2.91. The number of hydrogen-bond donors (Lipinski definition) is 1. The van der Waals surface area contributed by atoms with Crippen LogP contribution < -0.4 is 5.32 Å². The molecule has 162 valence electrons. The Balaban J connectivity index is 1.50. The average Bonchev–Trinajstić information content (AvgIpc) is 2.77. The quantitative estimate of drug-likeness (QED) is 0.512. The molecule has 0 saturated heterocycles. The minimum atomic E-state index is -3.55. The van der Waals surface area contributed by atoms with Crippen molar-refractivity contribution < 1.29 is 13.2 Å². The van der Waals surface area contributed by atoms with Gasteiger partial charge in [-0.15, -0.1) is 0 Å². The van der Waals surface area contributed by atoms with Crippen molar-refractivity contribution in [2.45, 2.75) is 31.2 Å². The number of aryl methyl sites for hydroxylation is 2. The molecule has 3 aromatic carbocycles. The van der Waals surface area contributed by atoms with Gasteiger partial charge < -0.3 is 5.32 Å². The molecule has 0 aliphatic heterocycles. The minimum Gasteiger partial charge on any atom is -0.352 e. The zero-order valence-electron chi connectivity index (χ0n) is 17.9. The molecule has 31 heavy (non-hydrogen) atoms. The van der Waals surface area contributed by atoms with E-state index in [0.717, 1.165) is 18.4 Å². The fourth-order valence-corrected chi connectivity index (χ4v) is 4.52. The van der Waals surface area contributed by atoms with Gasteiger partial charge in [0.05, 0.1) is 4.90 Å². The number of carbonyl (C=O) groups is 1. The topological polar surface area (TPSA) is 66.5 Å². The predicted octanol–water partition coefficient (Wildman–Crippen LogP) is 4.18. The number of hydrogen-bond acceptors (Lipinski definition) is 3. The number of amides is 1. The lowest BCUT2D eigenvalue weighted by Crippen LogP contribution is -2.27. The van der Waals surface area contributed by atoms with E-state index >= 15 is 0 Å². The van der Waals surface area contributed by atoms with Crippen molar-refractivity contribution in [3.8, 4) is 0 Å². The summed E-state index contributed by atoms with van der Waals surface area (Å²) in [5.74, 6) is -0.124. The van der Waals surface area contributed by atoms with E-state index in [0.29, 0.717) is 12.1 Å². The van der Waals surface area contributed by atoms with E-state index in [2.05, 4.69) is 30.4 Å². The van der Waals surface area contributed by atoms with Gasteiger partial charge in [-0.3, -0.25) is 4.79 Å². The van der Waals surface area contributed by atoms with E-state index in [4.69, 9.17) is 0 Å². The second kappa shape index (κ2) is 10.4. The van der Waals surface area contributed by atoms with E-state index in [1.165, 1.54) is 15.4 Å². The van der Waals surface area contributed by atoms with E-state index in [1.807, 2.05) is 6.07 Å². The molecule has 0 fully saturated rings. The first kappa shape index (κ1) is 22.7. The molecule has 3 aromatic rings. The fraction of sp³-hybridized carbons (Fsp3) is 0.240. The van der Waals surface area contributed by atoms with Crippen LogP contribution >= 0.6 is 0 Å². The van der Waals surface area contributed by atoms with Crippen molar-refractivity contribution in [1.29, 1.82) is 0 Å². The first-order valence-corrected chi connectivity index (χ1v) is 11.7. The largest absolute Gasteiger partial charge is 0.352 e. The van der Waals surface area contributed by atoms with Gasteiger partial charge in [0.2, 0.25) is 10.0 Å². The maximum Gasteiger partial charge on any atom is 0.251 e. The van der Waals surface area contributed by atoms with Gasteiger partial charge in [-0.2, -0.15) is 4.31 Å². The van der Waals surface area contributed by atoms with Crippen molar-refractivity contribution >= 4 is 15.9 Å². The second-order valence-electron chi connectivity index (χ2n) is 7.62. The first-order chi connectivity index (χ1) is 14.9. The summed E-state index contributed by atoms with van der Waals surface area (Å²) in [5.41, 5.74) is 3.89. The molecule has 3 rings (SSSR count).